The van der Waals surface area contributed by atoms with Gasteiger partial charge in [0.2, 0.25) is 0 Å². The van der Waals surface area contributed by atoms with Gasteiger partial charge < -0.3 is 4.74 Å². The van der Waals surface area contributed by atoms with Gasteiger partial charge in [0, 0.05) is 18.9 Å². The summed E-state index contributed by atoms with van der Waals surface area (Å²) >= 11 is 0. The molecule has 1 spiro atoms. The van der Waals surface area contributed by atoms with Gasteiger partial charge in [-0.15, -0.1) is 0 Å². The molecule has 1 saturated heterocycles. The molecule has 3 rings (SSSR count). The highest BCUT2D eigenvalue weighted by Crippen LogP contribution is 2.43. The fraction of sp³-hybridized carbons (Fsp3) is 0.929. The lowest BCUT2D eigenvalue weighted by Gasteiger charge is -2.37. The molecule has 1 heterocycles. The van der Waals surface area contributed by atoms with E-state index in [9.17, 15) is 4.79 Å². The van der Waals surface area contributed by atoms with E-state index in [1.165, 1.54) is 38.5 Å². The van der Waals surface area contributed by atoms with Crippen LogP contribution >= 0.6 is 0 Å². The Hall–Kier alpha value is -0.370. The lowest BCUT2D eigenvalue weighted by Crippen LogP contribution is -2.39. The molecule has 0 N–H and O–H groups in total. The first-order valence-corrected chi connectivity index (χ1v) is 6.94. The molecular formula is C14H22O2. The van der Waals surface area contributed by atoms with Crippen LogP contribution in [0.25, 0.3) is 0 Å². The molecule has 2 saturated carbocycles. The van der Waals surface area contributed by atoms with E-state index in [-0.39, 0.29) is 5.60 Å². The second-order valence-corrected chi connectivity index (χ2v) is 6.04. The van der Waals surface area contributed by atoms with Crippen molar-refractivity contribution < 1.29 is 9.53 Å². The lowest BCUT2D eigenvalue weighted by molar-refractivity contribution is -0.136. The fourth-order valence-electron chi connectivity index (χ4n) is 3.44. The summed E-state index contributed by atoms with van der Waals surface area (Å²) in [7, 11) is 0. The third kappa shape index (κ3) is 2.17. The summed E-state index contributed by atoms with van der Waals surface area (Å²) in [6, 6.07) is 0. The van der Waals surface area contributed by atoms with Crippen LogP contribution in [0.3, 0.4) is 0 Å². The summed E-state index contributed by atoms with van der Waals surface area (Å²) in [5, 5.41) is 0. The molecule has 0 aromatic heterocycles. The Labute approximate surface area is 97.7 Å². The number of ketones is 1. The van der Waals surface area contributed by atoms with Crippen molar-refractivity contribution in [1.82, 2.24) is 0 Å². The topological polar surface area (TPSA) is 26.3 Å². The molecule has 0 bridgehead atoms. The van der Waals surface area contributed by atoms with Crippen LogP contribution in [0, 0.1) is 11.8 Å². The largest absolute Gasteiger partial charge is 0.375 e. The van der Waals surface area contributed by atoms with Crippen molar-refractivity contribution in [1.29, 1.82) is 0 Å². The van der Waals surface area contributed by atoms with Crippen LogP contribution in [0.4, 0.5) is 0 Å². The minimum atomic E-state index is 0.113. The normalized spacial score (nSPS) is 33.1. The SMILES string of the molecule is O=C(CC1CC1)C1CCOC2(CCCC2)C1. The van der Waals surface area contributed by atoms with E-state index in [4.69, 9.17) is 4.74 Å². The highest BCUT2D eigenvalue weighted by Gasteiger charge is 2.42. The monoisotopic (exact) mass is 222 g/mol. The molecule has 16 heavy (non-hydrogen) atoms. The molecule has 90 valence electrons. The van der Waals surface area contributed by atoms with Crippen LogP contribution in [0.2, 0.25) is 0 Å². The van der Waals surface area contributed by atoms with Crippen molar-refractivity contribution >= 4 is 5.78 Å². The zero-order valence-electron chi connectivity index (χ0n) is 10.0. The third-order valence-electron chi connectivity index (χ3n) is 4.65. The number of carbonyl (C=O) groups excluding carboxylic acids is 1. The van der Waals surface area contributed by atoms with E-state index in [2.05, 4.69) is 0 Å². The van der Waals surface area contributed by atoms with Gasteiger partial charge in [0.25, 0.3) is 0 Å². The Balaban J connectivity index is 1.60. The van der Waals surface area contributed by atoms with E-state index in [0.29, 0.717) is 11.7 Å². The molecule has 0 aromatic carbocycles. The molecule has 0 radical (unpaired) electrons. The minimum absolute atomic E-state index is 0.113. The predicted octanol–water partition coefficient (Wildman–Crippen LogP) is 3.10. The van der Waals surface area contributed by atoms with Crippen molar-refractivity contribution in [3.05, 3.63) is 0 Å². The van der Waals surface area contributed by atoms with Gasteiger partial charge >= 0.3 is 0 Å². The number of rotatable bonds is 3. The van der Waals surface area contributed by atoms with Crippen molar-refractivity contribution in [2.75, 3.05) is 6.61 Å². The van der Waals surface area contributed by atoms with E-state index >= 15 is 0 Å². The second-order valence-electron chi connectivity index (χ2n) is 6.04. The Morgan fingerprint density at radius 1 is 1.19 bits per heavy atom. The van der Waals surface area contributed by atoms with Gasteiger partial charge in [-0.1, -0.05) is 12.8 Å². The maximum atomic E-state index is 12.1. The summed E-state index contributed by atoms with van der Waals surface area (Å²) < 4.78 is 5.98. The van der Waals surface area contributed by atoms with Crippen LogP contribution < -0.4 is 0 Å². The van der Waals surface area contributed by atoms with Crippen molar-refractivity contribution in [3.8, 4) is 0 Å². The van der Waals surface area contributed by atoms with E-state index in [0.717, 1.165) is 31.8 Å². The summed E-state index contributed by atoms with van der Waals surface area (Å²) in [6.07, 6.45) is 10.4. The van der Waals surface area contributed by atoms with Gasteiger partial charge in [0.05, 0.1) is 5.60 Å². The number of hydrogen-bond acceptors (Lipinski definition) is 2. The summed E-state index contributed by atoms with van der Waals surface area (Å²) in [4.78, 5) is 12.1. The van der Waals surface area contributed by atoms with Crippen molar-refractivity contribution in [2.45, 2.75) is 63.4 Å². The molecule has 2 nitrogen and oxygen atoms in total. The zero-order valence-corrected chi connectivity index (χ0v) is 10.0. The van der Waals surface area contributed by atoms with Gasteiger partial charge in [-0.2, -0.15) is 0 Å². The molecule has 2 heteroatoms. The lowest BCUT2D eigenvalue weighted by atomic mass is 9.81. The van der Waals surface area contributed by atoms with E-state index in [1.807, 2.05) is 0 Å². The first-order chi connectivity index (χ1) is 7.77. The number of hydrogen-bond donors (Lipinski definition) is 0. The molecule has 3 fully saturated rings. The average Bonchev–Trinajstić information content (AvgIpc) is 3.00. The zero-order chi connectivity index (χ0) is 11.0. The van der Waals surface area contributed by atoms with Crippen molar-refractivity contribution in [2.24, 2.45) is 11.8 Å². The molecule has 1 unspecified atom stereocenters. The highest BCUT2D eigenvalue weighted by molar-refractivity contribution is 5.81. The van der Waals surface area contributed by atoms with Gasteiger partial charge in [-0.05, 0) is 44.4 Å². The van der Waals surface area contributed by atoms with Crippen LogP contribution in [0.1, 0.15) is 57.8 Å². The standard InChI is InChI=1S/C14H22O2/c15-13(9-11-3-4-11)12-5-8-16-14(10-12)6-1-2-7-14/h11-12H,1-10H2. The highest BCUT2D eigenvalue weighted by atomic mass is 16.5. The number of Topliss-reactive ketones (excluding diaryl/α,β-unsaturated/α-hetero) is 1. The number of ether oxygens (including phenoxy) is 1. The van der Waals surface area contributed by atoms with E-state index in [1.54, 1.807) is 0 Å². The maximum absolute atomic E-state index is 12.1. The Bertz CT molecular complexity index is 274. The summed E-state index contributed by atoms with van der Waals surface area (Å²) in [5.41, 5.74) is 0.113. The smallest absolute Gasteiger partial charge is 0.136 e. The third-order valence-corrected chi connectivity index (χ3v) is 4.65. The molecule has 0 amide bonds. The van der Waals surface area contributed by atoms with Gasteiger partial charge in [0.1, 0.15) is 5.78 Å². The first kappa shape index (κ1) is 10.8. The molecule has 2 aliphatic carbocycles. The fourth-order valence-corrected chi connectivity index (χ4v) is 3.44. The van der Waals surface area contributed by atoms with Gasteiger partial charge in [0.15, 0.2) is 0 Å². The van der Waals surface area contributed by atoms with Crippen LogP contribution in [0.5, 0.6) is 0 Å². The van der Waals surface area contributed by atoms with Crippen LogP contribution in [-0.2, 0) is 9.53 Å². The van der Waals surface area contributed by atoms with E-state index < -0.39 is 0 Å². The molecule has 1 aliphatic heterocycles. The Kier molecular flexibility index (Phi) is 2.78. The Morgan fingerprint density at radius 2 is 1.94 bits per heavy atom. The van der Waals surface area contributed by atoms with Crippen LogP contribution in [-0.4, -0.2) is 18.0 Å². The van der Waals surface area contributed by atoms with Gasteiger partial charge in [-0.25, -0.2) is 0 Å². The predicted molar refractivity (Wildman–Crippen MR) is 62.2 cm³/mol. The average molecular weight is 222 g/mol. The number of carbonyl (C=O) groups is 1. The second kappa shape index (κ2) is 4.14. The molecular weight excluding hydrogens is 200 g/mol. The van der Waals surface area contributed by atoms with Crippen LogP contribution in [0.15, 0.2) is 0 Å². The summed E-state index contributed by atoms with van der Waals surface area (Å²) in [5.74, 6) is 1.61. The van der Waals surface area contributed by atoms with Crippen molar-refractivity contribution in [3.63, 3.8) is 0 Å². The summed E-state index contributed by atoms with van der Waals surface area (Å²) in [6.45, 7) is 0.821. The maximum Gasteiger partial charge on any atom is 0.136 e. The molecule has 0 aromatic rings. The Morgan fingerprint density at radius 3 is 2.62 bits per heavy atom. The van der Waals surface area contributed by atoms with Gasteiger partial charge in [-0.3, -0.25) is 4.79 Å². The molecule has 3 aliphatic rings. The first-order valence-electron chi connectivity index (χ1n) is 6.94. The molecule has 1 atom stereocenters. The quantitative estimate of drug-likeness (QED) is 0.733. The minimum Gasteiger partial charge on any atom is -0.375 e.